The highest BCUT2D eigenvalue weighted by Gasteiger charge is 2.39. The van der Waals surface area contributed by atoms with Crippen LogP contribution in [-0.2, 0) is 16.1 Å². The lowest BCUT2D eigenvalue weighted by Crippen LogP contribution is -2.41. The van der Waals surface area contributed by atoms with Gasteiger partial charge in [-0.05, 0) is 11.6 Å². The SMILES string of the molecule is COCc1ccccc1C(=O)N1C[C@@H](O)C[C@H]1C(=O)O. The van der Waals surface area contributed by atoms with E-state index in [-0.39, 0.29) is 25.5 Å². The van der Waals surface area contributed by atoms with E-state index < -0.39 is 18.1 Å². The topological polar surface area (TPSA) is 87.1 Å². The lowest BCUT2D eigenvalue weighted by Gasteiger charge is -2.22. The van der Waals surface area contributed by atoms with Gasteiger partial charge < -0.3 is 19.8 Å². The summed E-state index contributed by atoms with van der Waals surface area (Å²) < 4.78 is 5.04. The number of carboxylic acid groups (broad SMARTS) is 1. The summed E-state index contributed by atoms with van der Waals surface area (Å²) in [4.78, 5) is 24.9. The molecule has 0 radical (unpaired) electrons. The highest BCUT2D eigenvalue weighted by Crippen LogP contribution is 2.22. The van der Waals surface area contributed by atoms with Crippen LogP contribution < -0.4 is 0 Å². The Morgan fingerprint density at radius 3 is 2.75 bits per heavy atom. The average Bonchev–Trinajstić information content (AvgIpc) is 2.81. The van der Waals surface area contributed by atoms with Crippen LogP contribution in [0.1, 0.15) is 22.3 Å². The van der Waals surface area contributed by atoms with Crippen molar-refractivity contribution in [3.8, 4) is 0 Å². The van der Waals surface area contributed by atoms with Gasteiger partial charge in [0.05, 0.1) is 12.7 Å². The Bertz CT molecular complexity index is 516. The summed E-state index contributed by atoms with van der Waals surface area (Å²) in [5, 5.41) is 18.7. The largest absolute Gasteiger partial charge is 0.480 e. The van der Waals surface area contributed by atoms with Crippen LogP contribution in [0.4, 0.5) is 0 Å². The number of aliphatic hydroxyl groups is 1. The van der Waals surface area contributed by atoms with E-state index in [1.807, 2.05) is 0 Å². The molecule has 1 aliphatic heterocycles. The minimum Gasteiger partial charge on any atom is -0.480 e. The van der Waals surface area contributed by atoms with Crippen molar-refractivity contribution < 1.29 is 24.5 Å². The van der Waals surface area contributed by atoms with Crippen molar-refractivity contribution in [2.45, 2.75) is 25.2 Å². The normalized spacial score (nSPS) is 22.0. The molecule has 1 fully saturated rings. The van der Waals surface area contributed by atoms with E-state index in [1.165, 1.54) is 12.0 Å². The predicted molar refractivity (Wildman–Crippen MR) is 70.2 cm³/mol. The Morgan fingerprint density at radius 2 is 2.10 bits per heavy atom. The molecule has 0 spiro atoms. The molecule has 2 atom stereocenters. The second kappa shape index (κ2) is 6.02. The van der Waals surface area contributed by atoms with E-state index in [9.17, 15) is 14.7 Å². The van der Waals surface area contributed by atoms with Crippen molar-refractivity contribution >= 4 is 11.9 Å². The first-order chi connectivity index (χ1) is 9.54. The molecule has 0 unspecified atom stereocenters. The second-order valence-corrected chi connectivity index (χ2v) is 4.79. The molecule has 6 nitrogen and oxygen atoms in total. The molecule has 0 bridgehead atoms. The zero-order valence-corrected chi connectivity index (χ0v) is 11.2. The first-order valence-electron chi connectivity index (χ1n) is 6.33. The van der Waals surface area contributed by atoms with Crippen molar-refractivity contribution in [3.63, 3.8) is 0 Å². The van der Waals surface area contributed by atoms with E-state index in [0.717, 1.165) is 0 Å². The number of hydrogen-bond acceptors (Lipinski definition) is 4. The molecule has 1 amide bonds. The summed E-state index contributed by atoms with van der Waals surface area (Å²) >= 11 is 0. The molecule has 2 rings (SSSR count). The standard InChI is InChI=1S/C14H17NO5/c1-20-8-9-4-2-3-5-11(9)13(17)15-7-10(16)6-12(15)14(18)19/h2-5,10,12,16H,6-8H2,1H3,(H,18,19)/t10-,12-/m0/s1. The van der Waals surface area contributed by atoms with Gasteiger partial charge in [0.1, 0.15) is 6.04 Å². The molecule has 1 aromatic rings. The number of ether oxygens (including phenoxy) is 1. The van der Waals surface area contributed by atoms with Crippen molar-refractivity contribution in [3.05, 3.63) is 35.4 Å². The molecule has 0 aromatic heterocycles. The smallest absolute Gasteiger partial charge is 0.326 e. The molecule has 1 aliphatic rings. The van der Waals surface area contributed by atoms with Crippen LogP contribution in [0.15, 0.2) is 24.3 Å². The van der Waals surface area contributed by atoms with Gasteiger partial charge in [-0.15, -0.1) is 0 Å². The summed E-state index contributed by atoms with van der Waals surface area (Å²) in [5.41, 5.74) is 1.11. The van der Waals surface area contributed by atoms with Crippen molar-refractivity contribution in [1.29, 1.82) is 0 Å². The first-order valence-corrected chi connectivity index (χ1v) is 6.33. The molecule has 0 saturated carbocycles. The fraction of sp³-hybridized carbons (Fsp3) is 0.429. The molecule has 20 heavy (non-hydrogen) atoms. The Hall–Kier alpha value is -1.92. The van der Waals surface area contributed by atoms with Gasteiger partial charge in [0.25, 0.3) is 5.91 Å². The number of methoxy groups -OCH3 is 1. The molecular formula is C14H17NO5. The number of amides is 1. The summed E-state index contributed by atoms with van der Waals surface area (Å²) in [6.07, 6.45) is -0.734. The predicted octanol–water partition coefficient (Wildman–Crippen LogP) is 0.493. The molecule has 1 heterocycles. The fourth-order valence-electron chi connectivity index (χ4n) is 2.44. The van der Waals surface area contributed by atoms with Crippen LogP contribution in [0, 0.1) is 0 Å². The molecular weight excluding hydrogens is 262 g/mol. The van der Waals surface area contributed by atoms with E-state index >= 15 is 0 Å². The minimum absolute atomic E-state index is 0.0388. The third-order valence-electron chi connectivity index (χ3n) is 3.37. The van der Waals surface area contributed by atoms with Crippen molar-refractivity contribution in [2.24, 2.45) is 0 Å². The van der Waals surface area contributed by atoms with Crippen LogP contribution in [0.2, 0.25) is 0 Å². The highest BCUT2D eigenvalue weighted by atomic mass is 16.5. The summed E-state index contributed by atoms with van der Waals surface area (Å²) in [6.45, 7) is 0.313. The third kappa shape index (κ3) is 2.81. The van der Waals surface area contributed by atoms with Crippen LogP contribution in [0.25, 0.3) is 0 Å². The molecule has 2 N–H and O–H groups in total. The lowest BCUT2D eigenvalue weighted by atomic mass is 10.1. The maximum atomic E-state index is 12.5. The molecule has 1 aromatic carbocycles. The van der Waals surface area contributed by atoms with Gasteiger partial charge in [-0.25, -0.2) is 4.79 Å². The van der Waals surface area contributed by atoms with Crippen molar-refractivity contribution in [2.75, 3.05) is 13.7 Å². The number of aliphatic hydroxyl groups excluding tert-OH is 1. The zero-order valence-electron chi connectivity index (χ0n) is 11.2. The minimum atomic E-state index is -1.10. The Morgan fingerprint density at radius 1 is 1.40 bits per heavy atom. The monoisotopic (exact) mass is 279 g/mol. The van der Waals surface area contributed by atoms with E-state index in [4.69, 9.17) is 9.84 Å². The first kappa shape index (κ1) is 14.5. The molecule has 0 aliphatic carbocycles. The quantitative estimate of drug-likeness (QED) is 0.837. The van der Waals surface area contributed by atoms with Gasteiger partial charge in [0.2, 0.25) is 0 Å². The maximum absolute atomic E-state index is 12.5. The van der Waals surface area contributed by atoms with Gasteiger partial charge in [-0.2, -0.15) is 0 Å². The number of carbonyl (C=O) groups excluding carboxylic acids is 1. The number of rotatable bonds is 4. The third-order valence-corrected chi connectivity index (χ3v) is 3.37. The number of carbonyl (C=O) groups is 2. The molecule has 1 saturated heterocycles. The second-order valence-electron chi connectivity index (χ2n) is 4.79. The van der Waals surface area contributed by atoms with Gasteiger partial charge in [-0.1, -0.05) is 18.2 Å². The van der Waals surface area contributed by atoms with Crippen LogP contribution in [0.3, 0.4) is 0 Å². The van der Waals surface area contributed by atoms with Crippen LogP contribution >= 0.6 is 0 Å². The van der Waals surface area contributed by atoms with Crippen LogP contribution in [-0.4, -0.2) is 52.8 Å². The van der Waals surface area contributed by atoms with Crippen molar-refractivity contribution in [1.82, 2.24) is 4.90 Å². The lowest BCUT2D eigenvalue weighted by molar-refractivity contribution is -0.141. The molecule has 6 heteroatoms. The van der Waals surface area contributed by atoms with E-state index in [2.05, 4.69) is 0 Å². The zero-order chi connectivity index (χ0) is 14.7. The Balaban J connectivity index is 2.29. The van der Waals surface area contributed by atoms with E-state index in [1.54, 1.807) is 24.3 Å². The maximum Gasteiger partial charge on any atom is 0.326 e. The highest BCUT2D eigenvalue weighted by molar-refractivity contribution is 5.98. The van der Waals surface area contributed by atoms with E-state index in [0.29, 0.717) is 11.1 Å². The number of nitrogens with zero attached hydrogens (tertiary/aromatic N) is 1. The van der Waals surface area contributed by atoms with Gasteiger partial charge in [-0.3, -0.25) is 4.79 Å². The van der Waals surface area contributed by atoms with Gasteiger partial charge in [0.15, 0.2) is 0 Å². The number of benzene rings is 1. The summed E-state index contributed by atoms with van der Waals surface area (Å²) in [7, 11) is 1.53. The number of β-amino-alcohol motifs (C(OH)–C–C–N with tert-alkyl or cyclic N) is 1. The van der Waals surface area contributed by atoms with Gasteiger partial charge >= 0.3 is 5.97 Å². The Kier molecular flexibility index (Phi) is 4.36. The van der Waals surface area contributed by atoms with Gasteiger partial charge in [0, 0.05) is 25.6 Å². The molecule has 108 valence electrons. The number of carboxylic acids is 1. The Labute approximate surface area is 116 Å². The number of likely N-dealkylation sites (tertiary alicyclic amines) is 1. The fourth-order valence-corrected chi connectivity index (χ4v) is 2.44. The average molecular weight is 279 g/mol. The van der Waals surface area contributed by atoms with Crippen LogP contribution in [0.5, 0.6) is 0 Å². The number of aliphatic carboxylic acids is 1. The summed E-state index contributed by atoms with van der Waals surface area (Å²) in [6, 6.07) is 5.93. The summed E-state index contributed by atoms with van der Waals surface area (Å²) in [5.74, 6) is -1.49. The number of hydrogen-bond donors (Lipinski definition) is 2.